The topological polar surface area (TPSA) is 29.5 Å². The number of hydrogen-bond acceptors (Lipinski definition) is 2. The SMILES string of the molecule is CCCOCC(=O)N(CC)CCc1ccccc1. The standard InChI is InChI=1S/C15H23NO2/c1-3-12-18-13-15(17)16(4-2)11-10-14-8-6-5-7-9-14/h5-9H,3-4,10-13H2,1-2H3. The molecule has 0 fully saturated rings. The van der Waals surface area contributed by atoms with E-state index in [4.69, 9.17) is 4.74 Å². The summed E-state index contributed by atoms with van der Waals surface area (Å²) in [5.41, 5.74) is 1.26. The van der Waals surface area contributed by atoms with E-state index in [-0.39, 0.29) is 12.5 Å². The first kappa shape index (κ1) is 14.7. The minimum absolute atomic E-state index is 0.0851. The van der Waals surface area contributed by atoms with Crippen molar-refractivity contribution in [1.29, 1.82) is 0 Å². The van der Waals surface area contributed by atoms with Crippen molar-refractivity contribution < 1.29 is 9.53 Å². The van der Waals surface area contributed by atoms with E-state index in [2.05, 4.69) is 12.1 Å². The van der Waals surface area contributed by atoms with Crippen molar-refractivity contribution in [2.24, 2.45) is 0 Å². The Balaban J connectivity index is 2.35. The van der Waals surface area contributed by atoms with E-state index in [0.29, 0.717) is 6.61 Å². The van der Waals surface area contributed by atoms with Crippen LogP contribution in [0.25, 0.3) is 0 Å². The molecular formula is C15H23NO2. The number of rotatable bonds is 8. The summed E-state index contributed by atoms with van der Waals surface area (Å²) in [5, 5.41) is 0. The number of benzene rings is 1. The molecule has 0 bridgehead atoms. The molecule has 18 heavy (non-hydrogen) atoms. The van der Waals surface area contributed by atoms with E-state index in [1.807, 2.05) is 36.9 Å². The molecule has 0 heterocycles. The van der Waals surface area contributed by atoms with Crippen LogP contribution in [0.2, 0.25) is 0 Å². The van der Waals surface area contributed by atoms with Gasteiger partial charge in [-0.15, -0.1) is 0 Å². The fourth-order valence-electron chi connectivity index (χ4n) is 1.76. The zero-order valence-corrected chi connectivity index (χ0v) is 11.4. The Morgan fingerprint density at radius 3 is 2.56 bits per heavy atom. The molecule has 0 aliphatic rings. The minimum Gasteiger partial charge on any atom is -0.372 e. The van der Waals surface area contributed by atoms with Gasteiger partial charge < -0.3 is 9.64 Å². The highest BCUT2D eigenvalue weighted by atomic mass is 16.5. The number of ether oxygens (including phenoxy) is 1. The molecule has 0 aromatic heterocycles. The zero-order valence-electron chi connectivity index (χ0n) is 11.4. The monoisotopic (exact) mass is 249 g/mol. The number of hydrogen-bond donors (Lipinski definition) is 0. The lowest BCUT2D eigenvalue weighted by molar-refractivity contribution is -0.135. The summed E-state index contributed by atoms with van der Waals surface area (Å²) in [6, 6.07) is 10.2. The van der Waals surface area contributed by atoms with Gasteiger partial charge in [-0.1, -0.05) is 37.3 Å². The Kier molecular flexibility index (Phi) is 7.11. The first-order chi connectivity index (χ1) is 8.77. The first-order valence-electron chi connectivity index (χ1n) is 6.67. The van der Waals surface area contributed by atoms with Gasteiger partial charge in [-0.2, -0.15) is 0 Å². The smallest absolute Gasteiger partial charge is 0.248 e. The van der Waals surface area contributed by atoms with Crippen molar-refractivity contribution in [3.8, 4) is 0 Å². The van der Waals surface area contributed by atoms with Gasteiger partial charge in [0, 0.05) is 19.7 Å². The molecule has 1 aromatic rings. The maximum absolute atomic E-state index is 11.9. The van der Waals surface area contributed by atoms with Crippen LogP contribution in [0.1, 0.15) is 25.8 Å². The molecule has 1 rings (SSSR count). The van der Waals surface area contributed by atoms with Crippen LogP contribution in [0.15, 0.2) is 30.3 Å². The number of carbonyl (C=O) groups is 1. The molecule has 0 aliphatic heterocycles. The van der Waals surface area contributed by atoms with Gasteiger partial charge in [0.2, 0.25) is 5.91 Å². The van der Waals surface area contributed by atoms with Crippen molar-refractivity contribution in [2.45, 2.75) is 26.7 Å². The maximum Gasteiger partial charge on any atom is 0.248 e. The van der Waals surface area contributed by atoms with Gasteiger partial charge in [-0.3, -0.25) is 4.79 Å². The Bertz CT molecular complexity index is 338. The third-order valence-corrected chi connectivity index (χ3v) is 2.82. The number of carbonyl (C=O) groups excluding carboxylic acids is 1. The summed E-state index contributed by atoms with van der Waals surface area (Å²) in [5.74, 6) is 0.0851. The molecule has 0 unspecified atom stereocenters. The van der Waals surface area contributed by atoms with Gasteiger partial charge in [-0.25, -0.2) is 0 Å². The molecule has 0 saturated heterocycles. The second kappa shape index (κ2) is 8.70. The van der Waals surface area contributed by atoms with Crippen LogP contribution in [-0.2, 0) is 16.0 Å². The number of amides is 1. The molecule has 1 aromatic carbocycles. The summed E-state index contributed by atoms with van der Waals surface area (Å²) in [6.07, 6.45) is 1.84. The predicted octanol–water partition coefficient (Wildman–Crippen LogP) is 2.50. The van der Waals surface area contributed by atoms with Crippen LogP contribution in [0, 0.1) is 0 Å². The molecule has 0 N–H and O–H groups in total. The maximum atomic E-state index is 11.9. The van der Waals surface area contributed by atoms with Crippen LogP contribution < -0.4 is 0 Å². The lowest BCUT2D eigenvalue weighted by atomic mass is 10.1. The normalized spacial score (nSPS) is 10.3. The van der Waals surface area contributed by atoms with Crippen molar-refractivity contribution in [3.63, 3.8) is 0 Å². The largest absolute Gasteiger partial charge is 0.372 e. The molecule has 0 saturated carbocycles. The highest BCUT2D eigenvalue weighted by molar-refractivity contribution is 5.77. The van der Waals surface area contributed by atoms with Crippen molar-refractivity contribution in [3.05, 3.63) is 35.9 Å². The summed E-state index contributed by atoms with van der Waals surface area (Å²) in [6.45, 7) is 6.40. The Morgan fingerprint density at radius 1 is 1.22 bits per heavy atom. The minimum atomic E-state index is 0.0851. The average molecular weight is 249 g/mol. The van der Waals surface area contributed by atoms with E-state index in [1.54, 1.807) is 0 Å². The molecule has 0 aliphatic carbocycles. The summed E-state index contributed by atoms with van der Waals surface area (Å²) >= 11 is 0. The van der Waals surface area contributed by atoms with Gasteiger partial charge in [0.05, 0.1) is 0 Å². The molecular weight excluding hydrogens is 226 g/mol. The van der Waals surface area contributed by atoms with E-state index in [1.165, 1.54) is 5.56 Å². The van der Waals surface area contributed by atoms with Crippen LogP contribution in [0.4, 0.5) is 0 Å². The molecule has 0 radical (unpaired) electrons. The number of likely N-dealkylation sites (N-methyl/N-ethyl adjacent to an activating group) is 1. The molecule has 0 spiro atoms. The molecule has 100 valence electrons. The predicted molar refractivity (Wildman–Crippen MR) is 73.5 cm³/mol. The molecule has 3 nitrogen and oxygen atoms in total. The average Bonchev–Trinajstić information content (AvgIpc) is 2.41. The van der Waals surface area contributed by atoms with Gasteiger partial charge in [-0.05, 0) is 25.3 Å². The van der Waals surface area contributed by atoms with Crippen molar-refractivity contribution in [2.75, 3.05) is 26.3 Å². The van der Waals surface area contributed by atoms with E-state index in [9.17, 15) is 4.79 Å². The van der Waals surface area contributed by atoms with Gasteiger partial charge >= 0.3 is 0 Å². The van der Waals surface area contributed by atoms with E-state index >= 15 is 0 Å². The highest BCUT2D eigenvalue weighted by Gasteiger charge is 2.11. The molecule has 1 amide bonds. The third kappa shape index (κ3) is 5.32. The quantitative estimate of drug-likeness (QED) is 0.662. The fourth-order valence-corrected chi connectivity index (χ4v) is 1.76. The third-order valence-electron chi connectivity index (χ3n) is 2.82. The Labute approximate surface area is 110 Å². The van der Waals surface area contributed by atoms with Gasteiger partial charge in [0.25, 0.3) is 0 Å². The summed E-state index contributed by atoms with van der Waals surface area (Å²) < 4.78 is 5.29. The van der Waals surface area contributed by atoms with E-state index in [0.717, 1.165) is 25.9 Å². The molecule has 3 heteroatoms. The fraction of sp³-hybridized carbons (Fsp3) is 0.533. The van der Waals surface area contributed by atoms with E-state index < -0.39 is 0 Å². The zero-order chi connectivity index (χ0) is 13.2. The summed E-state index contributed by atoms with van der Waals surface area (Å²) in [4.78, 5) is 13.7. The lowest BCUT2D eigenvalue weighted by Gasteiger charge is -2.20. The van der Waals surface area contributed by atoms with Crippen molar-refractivity contribution in [1.82, 2.24) is 4.90 Å². The second-order valence-corrected chi connectivity index (χ2v) is 4.26. The Morgan fingerprint density at radius 2 is 1.94 bits per heavy atom. The Hall–Kier alpha value is -1.35. The van der Waals surface area contributed by atoms with Gasteiger partial charge in [0.1, 0.15) is 6.61 Å². The van der Waals surface area contributed by atoms with Crippen LogP contribution in [0.3, 0.4) is 0 Å². The second-order valence-electron chi connectivity index (χ2n) is 4.26. The lowest BCUT2D eigenvalue weighted by Crippen LogP contribution is -2.35. The summed E-state index contributed by atoms with van der Waals surface area (Å²) in [7, 11) is 0. The number of nitrogens with zero attached hydrogens (tertiary/aromatic N) is 1. The molecule has 0 atom stereocenters. The highest BCUT2D eigenvalue weighted by Crippen LogP contribution is 2.02. The van der Waals surface area contributed by atoms with Crippen LogP contribution >= 0.6 is 0 Å². The van der Waals surface area contributed by atoms with Gasteiger partial charge in [0.15, 0.2) is 0 Å². The van der Waals surface area contributed by atoms with Crippen LogP contribution in [-0.4, -0.2) is 37.1 Å². The van der Waals surface area contributed by atoms with Crippen molar-refractivity contribution >= 4 is 5.91 Å². The first-order valence-corrected chi connectivity index (χ1v) is 6.67. The van der Waals surface area contributed by atoms with Crippen LogP contribution in [0.5, 0.6) is 0 Å².